The van der Waals surface area contributed by atoms with Gasteiger partial charge in [0.2, 0.25) is 0 Å². The Hall–Kier alpha value is -0.920. The third kappa shape index (κ3) is 3.61. The fourth-order valence-electron chi connectivity index (χ4n) is 1.33. The molecule has 1 heterocycles. The van der Waals surface area contributed by atoms with Crippen LogP contribution in [0.15, 0.2) is 12.4 Å². The summed E-state index contributed by atoms with van der Waals surface area (Å²) >= 11 is 0. The van der Waals surface area contributed by atoms with E-state index in [0.29, 0.717) is 6.42 Å². The van der Waals surface area contributed by atoms with Gasteiger partial charge in [0.1, 0.15) is 15.7 Å². The predicted molar refractivity (Wildman–Crippen MR) is 57.6 cm³/mol. The van der Waals surface area contributed by atoms with Crippen LogP contribution in [0.5, 0.6) is 0 Å². The van der Waals surface area contributed by atoms with E-state index in [4.69, 9.17) is 5.84 Å². The van der Waals surface area contributed by atoms with Crippen molar-refractivity contribution < 1.29 is 8.42 Å². The average molecular weight is 232 g/mol. The third-order valence-corrected chi connectivity index (χ3v) is 3.13. The van der Waals surface area contributed by atoms with Crippen molar-refractivity contribution in [3.8, 4) is 0 Å². The van der Waals surface area contributed by atoms with Crippen molar-refractivity contribution in [1.82, 2.24) is 15.0 Å². The molecule has 15 heavy (non-hydrogen) atoms. The monoisotopic (exact) mass is 232 g/mol. The van der Waals surface area contributed by atoms with Gasteiger partial charge in [0.05, 0.1) is 11.8 Å². The number of rotatable bonds is 5. The fraction of sp³-hybridized carbons (Fsp3) is 0.625. The summed E-state index contributed by atoms with van der Waals surface area (Å²) in [4.78, 5) is 4.11. The van der Waals surface area contributed by atoms with E-state index in [2.05, 4.69) is 10.4 Å². The molecule has 0 aliphatic carbocycles. The average Bonchev–Trinajstić information content (AvgIpc) is 2.52. The molecule has 0 aliphatic heterocycles. The Kier molecular flexibility index (Phi) is 3.83. The van der Waals surface area contributed by atoms with Crippen LogP contribution in [0.4, 0.5) is 0 Å². The normalized spacial score (nSPS) is 14.1. The zero-order valence-electron chi connectivity index (χ0n) is 8.84. The van der Waals surface area contributed by atoms with Crippen LogP contribution < -0.4 is 11.3 Å². The second kappa shape index (κ2) is 4.73. The first-order valence-electron chi connectivity index (χ1n) is 4.55. The molecule has 1 atom stereocenters. The summed E-state index contributed by atoms with van der Waals surface area (Å²) in [6.45, 7) is 0. The molecule has 0 aliphatic rings. The number of nitrogens with one attached hydrogen (secondary N) is 1. The van der Waals surface area contributed by atoms with Crippen LogP contribution in [0, 0.1) is 0 Å². The van der Waals surface area contributed by atoms with Crippen molar-refractivity contribution in [2.45, 2.75) is 12.5 Å². The summed E-state index contributed by atoms with van der Waals surface area (Å²) in [5.41, 5.74) is 2.57. The van der Waals surface area contributed by atoms with Crippen molar-refractivity contribution in [3.05, 3.63) is 18.2 Å². The van der Waals surface area contributed by atoms with Crippen molar-refractivity contribution in [3.63, 3.8) is 0 Å². The number of nitrogens with zero attached hydrogens (tertiary/aromatic N) is 2. The van der Waals surface area contributed by atoms with E-state index < -0.39 is 9.84 Å². The molecule has 0 bridgehead atoms. The molecule has 0 saturated heterocycles. The SMILES string of the molecule is Cn1ccnc1C(CCS(C)(=O)=O)NN. The Balaban J connectivity index is 2.70. The molecule has 0 aromatic carbocycles. The maximum atomic E-state index is 11.0. The van der Waals surface area contributed by atoms with Gasteiger partial charge in [-0.05, 0) is 6.42 Å². The van der Waals surface area contributed by atoms with Crippen LogP contribution >= 0.6 is 0 Å². The smallest absolute Gasteiger partial charge is 0.147 e. The molecule has 3 N–H and O–H groups in total. The molecule has 6 nitrogen and oxygen atoms in total. The maximum absolute atomic E-state index is 11.0. The topological polar surface area (TPSA) is 90.0 Å². The van der Waals surface area contributed by atoms with E-state index in [1.807, 2.05) is 11.6 Å². The van der Waals surface area contributed by atoms with Crippen LogP contribution in [-0.2, 0) is 16.9 Å². The minimum absolute atomic E-state index is 0.0920. The van der Waals surface area contributed by atoms with Crippen LogP contribution in [0.3, 0.4) is 0 Å². The summed E-state index contributed by atoms with van der Waals surface area (Å²) in [7, 11) is -1.13. The molecular weight excluding hydrogens is 216 g/mol. The number of aryl methyl sites for hydroxylation is 1. The van der Waals surface area contributed by atoms with Gasteiger partial charge in [0.25, 0.3) is 0 Å². The molecule has 0 spiro atoms. The fourth-order valence-corrected chi connectivity index (χ4v) is 2.00. The van der Waals surface area contributed by atoms with Gasteiger partial charge in [0, 0.05) is 25.7 Å². The minimum atomic E-state index is -2.97. The third-order valence-electron chi connectivity index (χ3n) is 2.15. The highest BCUT2D eigenvalue weighted by molar-refractivity contribution is 7.90. The Labute approximate surface area is 89.4 Å². The molecule has 1 aromatic rings. The van der Waals surface area contributed by atoms with Gasteiger partial charge in [-0.3, -0.25) is 5.84 Å². The maximum Gasteiger partial charge on any atom is 0.147 e. The summed E-state index contributed by atoms with van der Waals surface area (Å²) in [6, 6.07) is -0.236. The molecule has 1 aromatic heterocycles. The van der Waals surface area contributed by atoms with Gasteiger partial charge in [-0.25, -0.2) is 18.8 Å². The zero-order chi connectivity index (χ0) is 11.5. The molecule has 0 fully saturated rings. The summed E-state index contributed by atoms with van der Waals surface area (Å²) < 4.78 is 23.8. The van der Waals surface area contributed by atoms with Gasteiger partial charge in [-0.1, -0.05) is 0 Å². The van der Waals surface area contributed by atoms with Crippen LogP contribution in [0.25, 0.3) is 0 Å². The second-order valence-electron chi connectivity index (χ2n) is 3.53. The van der Waals surface area contributed by atoms with Crippen LogP contribution in [0.2, 0.25) is 0 Å². The quantitative estimate of drug-likeness (QED) is 0.520. The lowest BCUT2D eigenvalue weighted by molar-refractivity contribution is 0.493. The zero-order valence-corrected chi connectivity index (χ0v) is 9.66. The highest BCUT2D eigenvalue weighted by Gasteiger charge is 2.16. The van der Waals surface area contributed by atoms with Crippen molar-refractivity contribution in [2.24, 2.45) is 12.9 Å². The van der Waals surface area contributed by atoms with E-state index in [1.165, 1.54) is 6.26 Å². The number of hydrogen-bond acceptors (Lipinski definition) is 5. The van der Waals surface area contributed by atoms with Gasteiger partial charge in [-0.2, -0.15) is 0 Å². The van der Waals surface area contributed by atoms with Crippen molar-refractivity contribution in [2.75, 3.05) is 12.0 Å². The van der Waals surface area contributed by atoms with Crippen LogP contribution in [0.1, 0.15) is 18.3 Å². The Bertz CT molecular complexity index is 412. The van der Waals surface area contributed by atoms with Crippen molar-refractivity contribution in [1.29, 1.82) is 0 Å². The summed E-state index contributed by atoms with van der Waals surface area (Å²) in [6.07, 6.45) is 5.07. The number of hydrazine groups is 1. The number of aromatic nitrogens is 2. The molecule has 1 rings (SSSR count). The number of nitrogens with two attached hydrogens (primary N) is 1. The Morgan fingerprint density at radius 3 is 2.73 bits per heavy atom. The molecule has 7 heteroatoms. The number of hydrogen-bond donors (Lipinski definition) is 2. The lowest BCUT2D eigenvalue weighted by Gasteiger charge is -2.14. The summed E-state index contributed by atoms with van der Waals surface area (Å²) in [5.74, 6) is 6.19. The van der Waals surface area contributed by atoms with Gasteiger partial charge in [0.15, 0.2) is 0 Å². The standard InChI is InChI=1S/C8H16N4O2S/c1-12-5-4-10-8(12)7(11-9)3-6-15(2,13)14/h4-5,7,11H,3,6,9H2,1-2H3. The van der Waals surface area contributed by atoms with E-state index in [-0.39, 0.29) is 11.8 Å². The van der Waals surface area contributed by atoms with Crippen LogP contribution in [-0.4, -0.2) is 30.0 Å². The predicted octanol–water partition coefficient (Wildman–Crippen LogP) is -0.641. The largest absolute Gasteiger partial charge is 0.337 e. The van der Waals surface area contributed by atoms with E-state index in [0.717, 1.165) is 5.82 Å². The van der Waals surface area contributed by atoms with Gasteiger partial charge < -0.3 is 4.57 Å². The molecule has 86 valence electrons. The number of imidazole rings is 1. The minimum Gasteiger partial charge on any atom is -0.337 e. The van der Waals surface area contributed by atoms with Gasteiger partial charge >= 0.3 is 0 Å². The lowest BCUT2D eigenvalue weighted by atomic mass is 10.2. The van der Waals surface area contributed by atoms with Crippen molar-refractivity contribution >= 4 is 9.84 Å². The Morgan fingerprint density at radius 2 is 2.33 bits per heavy atom. The lowest BCUT2D eigenvalue weighted by Crippen LogP contribution is -2.31. The molecule has 1 unspecified atom stereocenters. The van der Waals surface area contributed by atoms with E-state index in [9.17, 15) is 8.42 Å². The first kappa shape index (κ1) is 12.2. The molecular formula is C8H16N4O2S. The number of sulfone groups is 1. The molecule has 0 radical (unpaired) electrons. The molecule has 0 saturated carbocycles. The highest BCUT2D eigenvalue weighted by atomic mass is 32.2. The molecule has 0 amide bonds. The van der Waals surface area contributed by atoms with Gasteiger partial charge in [-0.15, -0.1) is 0 Å². The summed E-state index contributed by atoms with van der Waals surface area (Å²) in [5, 5.41) is 0. The Morgan fingerprint density at radius 1 is 1.67 bits per heavy atom. The van der Waals surface area contributed by atoms with E-state index >= 15 is 0 Å². The van der Waals surface area contributed by atoms with E-state index in [1.54, 1.807) is 12.4 Å². The first-order valence-corrected chi connectivity index (χ1v) is 6.61. The second-order valence-corrected chi connectivity index (χ2v) is 5.79. The highest BCUT2D eigenvalue weighted by Crippen LogP contribution is 2.13. The first-order chi connectivity index (χ1) is 6.94.